The van der Waals surface area contributed by atoms with Gasteiger partial charge in [0, 0.05) is 18.9 Å². The van der Waals surface area contributed by atoms with Gasteiger partial charge in [0.15, 0.2) is 0 Å². The summed E-state index contributed by atoms with van der Waals surface area (Å²) in [7, 11) is 4.53. The minimum Gasteiger partial charge on any atom is -0.507 e. The van der Waals surface area contributed by atoms with Crippen LogP contribution in [0.15, 0.2) is 72.6 Å². The van der Waals surface area contributed by atoms with Crippen LogP contribution in [0.25, 0.3) is 5.76 Å². The van der Waals surface area contributed by atoms with Crippen molar-refractivity contribution in [2.24, 2.45) is 0 Å². The van der Waals surface area contributed by atoms with Gasteiger partial charge in [-0.15, -0.1) is 0 Å². The number of ketones is 1. The largest absolute Gasteiger partial charge is 0.507 e. The highest BCUT2D eigenvalue weighted by atomic mass is 16.5. The standard InChI is InChI=1S/C26H24N2O6/c1-32-18-6-4-16(5-7-18)15-28-23(17-10-12-27-13-11-17)22(25(30)26(28)31)24(29)20-14-19(33-2)8-9-21(20)34-3/h4-14,23,29H,15H2,1-3H3/b24-22+. The predicted molar refractivity (Wildman–Crippen MR) is 125 cm³/mol. The minimum atomic E-state index is -0.819. The van der Waals surface area contributed by atoms with E-state index in [4.69, 9.17) is 14.2 Å². The summed E-state index contributed by atoms with van der Waals surface area (Å²) in [5, 5.41) is 11.3. The maximum atomic E-state index is 13.2. The number of aliphatic hydroxyl groups is 1. The number of carbonyl (C=O) groups excluding carboxylic acids is 2. The monoisotopic (exact) mass is 460 g/mol. The molecule has 3 aromatic rings. The second-order valence-electron chi connectivity index (χ2n) is 7.62. The SMILES string of the molecule is COc1ccc(CN2C(=O)C(=O)/C(=C(/O)c3cc(OC)ccc3OC)C2c2ccncc2)cc1. The summed E-state index contributed by atoms with van der Waals surface area (Å²) >= 11 is 0. The van der Waals surface area contributed by atoms with Crippen molar-refractivity contribution in [2.75, 3.05) is 21.3 Å². The van der Waals surface area contributed by atoms with Crippen LogP contribution in [0.1, 0.15) is 22.7 Å². The van der Waals surface area contributed by atoms with E-state index in [-0.39, 0.29) is 23.4 Å². The second kappa shape index (κ2) is 9.66. The van der Waals surface area contributed by atoms with Gasteiger partial charge >= 0.3 is 0 Å². The van der Waals surface area contributed by atoms with Gasteiger partial charge < -0.3 is 24.2 Å². The summed E-state index contributed by atoms with van der Waals surface area (Å²) in [6, 6.07) is 14.7. The molecule has 1 aromatic heterocycles. The van der Waals surface area contributed by atoms with Crippen molar-refractivity contribution in [1.82, 2.24) is 9.88 Å². The maximum Gasteiger partial charge on any atom is 0.295 e. The van der Waals surface area contributed by atoms with Crippen LogP contribution in [0.3, 0.4) is 0 Å². The van der Waals surface area contributed by atoms with Crippen molar-refractivity contribution < 1.29 is 28.9 Å². The van der Waals surface area contributed by atoms with Crippen LogP contribution in [-0.2, 0) is 16.1 Å². The third-order valence-corrected chi connectivity index (χ3v) is 5.74. The summed E-state index contributed by atoms with van der Waals surface area (Å²) in [5.74, 6) is -0.336. The molecule has 1 amide bonds. The predicted octanol–water partition coefficient (Wildman–Crippen LogP) is 3.73. The molecule has 8 nitrogen and oxygen atoms in total. The molecule has 0 bridgehead atoms. The molecule has 1 saturated heterocycles. The fraction of sp³-hybridized carbons (Fsp3) is 0.192. The summed E-state index contributed by atoms with van der Waals surface area (Å²) in [4.78, 5) is 31.9. The van der Waals surface area contributed by atoms with E-state index in [0.717, 1.165) is 5.56 Å². The highest BCUT2D eigenvalue weighted by Gasteiger charge is 2.46. The topological polar surface area (TPSA) is 98.2 Å². The molecular formula is C26H24N2O6. The molecule has 1 N–H and O–H groups in total. The third-order valence-electron chi connectivity index (χ3n) is 5.74. The zero-order chi connectivity index (χ0) is 24.2. The molecule has 0 spiro atoms. The highest BCUT2D eigenvalue weighted by Crippen LogP contribution is 2.42. The van der Waals surface area contributed by atoms with E-state index < -0.39 is 17.7 Å². The van der Waals surface area contributed by atoms with Crippen LogP contribution in [0.5, 0.6) is 17.2 Å². The van der Waals surface area contributed by atoms with Crippen molar-refractivity contribution in [3.8, 4) is 17.2 Å². The number of nitrogens with zero attached hydrogens (tertiary/aromatic N) is 2. The lowest BCUT2D eigenvalue weighted by molar-refractivity contribution is -0.140. The number of rotatable bonds is 7. The van der Waals surface area contributed by atoms with E-state index in [1.165, 1.54) is 19.1 Å². The Kier molecular flexibility index (Phi) is 6.49. The lowest BCUT2D eigenvalue weighted by atomic mass is 9.95. The Morgan fingerprint density at radius 2 is 1.56 bits per heavy atom. The highest BCUT2D eigenvalue weighted by molar-refractivity contribution is 6.46. The molecule has 2 aromatic carbocycles. The zero-order valence-electron chi connectivity index (χ0n) is 19.0. The molecule has 1 aliphatic rings. The van der Waals surface area contributed by atoms with Gasteiger partial charge in [-0.3, -0.25) is 14.6 Å². The molecule has 34 heavy (non-hydrogen) atoms. The Balaban J connectivity index is 1.86. The molecule has 2 heterocycles. The first-order valence-electron chi connectivity index (χ1n) is 10.5. The zero-order valence-corrected chi connectivity index (χ0v) is 19.0. The summed E-state index contributed by atoms with van der Waals surface area (Å²) in [6.07, 6.45) is 3.16. The van der Waals surface area contributed by atoms with E-state index in [1.807, 2.05) is 12.1 Å². The van der Waals surface area contributed by atoms with Gasteiger partial charge in [-0.25, -0.2) is 0 Å². The van der Waals surface area contributed by atoms with Crippen LogP contribution >= 0.6 is 0 Å². The van der Waals surface area contributed by atoms with Crippen molar-refractivity contribution in [1.29, 1.82) is 0 Å². The number of aromatic nitrogens is 1. The molecular weight excluding hydrogens is 436 g/mol. The van der Waals surface area contributed by atoms with Gasteiger partial charge in [0.1, 0.15) is 23.0 Å². The van der Waals surface area contributed by atoms with Gasteiger partial charge in [0.2, 0.25) is 0 Å². The summed E-state index contributed by atoms with van der Waals surface area (Å²) in [6.45, 7) is 0.160. The van der Waals surface area contributed by atoms with E-state index in [2.05, 4.69) is 4.98 Å². The van der Waals surface area contributed by atoms with Crippen LogP contribution in [0.4, 0.5) is 0 Å². The first-order valence-corrected chi connectivity index (χ1v) is 10.5. The number of amides is 1. The molecule has 1 fully saturated rings. The average Bonchev–Trinajstić information content (AvgIpc) is 3.13. The average molecular weight is 460 g/mol. The summed E-state index contributed by atoms with van der Waals surface area (Å²) < 4.78 is 15.9. The van der Waals surface area contributed by atoms with E-state index >= 15 is 0 Å². The number of Topliss-reactive ketones (excluding diaryl/α,β-unsaturated/α-hetero) is 1. The van der Waals surface area contributed by atoms with Gasteiger partial charge in [-0.05, 0) is 53.6 Å². The van der Waals surface area contributed by atoms with E-state index in [1.54, 1.807) is 62.0 Å². The van der Waals surface area contributed by atoms with Crippen molar-refractivity contribution in [3.63, 3.8) is 0 Å². The van der Waals surface area contributed by atoms with Crippen molar-refractivity contribution >= 4 is 17.4 Å². The van der Waals surface area contributed by atoms with Crippen LogP contribution < -0.4 is 14.2 Å². The number of benzene rings is 2. The second-order valence-corrected chi connectivity index (χ2v) is 7.62. The molecule has 0 saturated carbocycles. The third kappa shape index (κ3) is 4.17. The van der Waals surface area contributed by atoms with Crippen LogP contribution in [-0.4, -0.2) is 48.0 Å². The minimum absolute atomic E-state index is 0.0312. The fourth-order valence-electron chi connectivity index (χ4n) is 4.01. The maximum absolute atomic E-state index is 13.2. The van der Waals surface area contributed by atoms with E-state index in [0.29, 0.717) is 22.8 Å². The molecule has 174 valence electrons. The number of ether oxygens (including phenoxy) is 3. The number of aliphatic hydroxyl groups excluding tert-OH is 1. The number of carbonyl (C=O) groups is 2. The van der Waals surface area contributed by atoms with Gasteiger partial charge in [0.05, 0.1) is 38.5 Å². The Bertz CT molecular complexity index is 1240. The van der Waals surface area contributed by atoms with E-state index in [9.17, 15) is 14.7 Å². The first kappa shape index (κ1) is 22.8. The molecule has 4 rings (SSSR count). The fourth-order valence-corrected chi connectivity index (χ4v) is 4.01. The molecule has 0 radical (unpaired) electrons. The molecule has 1 atom stereocenters. The molecule has 8 heteroatoms. The van der Waals surface area contributed by atoms with Crippen molar-refractivity contribution in [2.45, 2.75) is 12.6 Å². The lowest BCUT2D eigenvalue weighted by Crippen LogP contribution is -2.29. The van der Waals surface area contributed by atoms with Crippen molar-refractivity contribution in [3.05, 3.63) is 89.3 Å². The van der Waals surface area contributed by atoms with Crippen LogP contribution in [0, 0.1) is 0 Å². The Hall–Kier alpha value is -4.33. The summed E-state index contributed by atoms with van der Waals surface area (Å²) in [5.41, 5.74) is 1.67. The quantitative estimate of drug-likeness (QED) is 0.326. The van der Waals surface area contributed by atoms with Gasteiger partial charge in [-0.2, -0.15) is 0 Å². The Morgan fingerprint density at radius 1 is 0.912 bits per heavy atom. The first-order chi connectivity index (χ1) is 16.5. The van der Waals surface area contributed by atoms with Gasteiger partial charge in [-0.1, -0.05) is 12.1 Å². The Labute approximate surface area is 197 Å². The van der Waals surface area contributed by atoms with Gasteiger partial charge in [0.25, 0.3) is 11.7 Å². The lowest BCUT2D eigenvalue weighted by Gasteiger charge is -2.25. The van der Waals surface area contributed by atoms with Crippen LogP contribution in [0.2, 0.25) is 0 Å². The smallest absolute Gasteiger partial charge is 0.295 e. The Morgan fingerprint density at radius 3 is 2.18 bits per heavy atom. The molecule has 1 unspecified atom stereocenters. The number of pyridine rings is 1. The molecule has 1 aliphatic heterocycles. The normalized spacial score (nSPS) is 17.0. The molecule has 0 aliphatic carbocycles. The number of likely N-dealkylation sites (tertiary alicyclic amines) is 1. The number of hydrogen-bond donors (Lipinski definition) is 1. The number of hydrogen-bond acceptors (Lipinski definition) is 7. The number of methoxy groups -OCH3 is 3.